The first-order valence-electron chi connectivity index (χ1n) is 8.36. The Morgan fingerprint density at radius 1 is 1.21 bits per heavy atom. The Hall–Kier alpha value is -2.33. The summed E-state index contributed by atoms with van der Waals surface area (Å²) < 4.78 is 50.4. The van der Waals surface area contributed by atoms with Crippen molar-refractivity contribution in [2.75, 3.05) is 29.2 Å². The Bertz CT molecular complexity index is 999. The molecule has 0 radical (unpaired) electrons. The molecule has 3 rings (SSSR count). The van der Waals surface area contributed by atoms with Crippen molar-refractivity contribution in [2.45, 2.75) is 12.8 Å². The molecule has 0 bridgehead atoms. The number of benzene rings is 2. The van der Waals surface area contributed by atoms with Crippen LogP contribution in [0.15, 0.2) is 40.9 Å². The summed E-state index contributed by atoms with van der Waals surface area (Å²) in [5.74, 6) is 0.0592. The maximum atomic E-state index is 13.8. The van der Waals surface area contributed by atoms with E-state index < -0.39 is 21.7 Å². The lowest BCUT2D eigenvalue weighted by Crippen LogP contribution is -2.31. The highest BCUT2D eigenvalue weighted by atomic mass is 79.9. The zero-order valence-electron chi connectivity index (χ0n) is 14.9. The summed E-state index contributed by atoms with van der Waals surface area (Å²) in [6, 6.07) is 9.16. The third kappa shape index (κ3) is 4.93. The summed E-state index contributed by atoms with van der Waals surface area (Å²) in [7, 11) is -3.56. The van der Waals surface area contributed by atoms with Gasteiger partial charge in [-0.3, -0.25) is 9.10 Å². The Balaban J connectivity index is 1.62. The highest BCUT2D eigenvalue weighted by Gasteiger charge is 2.21. The molecule has 1 N–H and O–H groups in total. The van der Waals surface area contributed by atoms with Crippen LogP contribution in [-0.4, -0.2) is 33.9 Å². The fourth-order valence-corrected chi connectivity index (χ4v) is 4.00. The van der Waals surface area contributed by atoms with Crippen molar-refractivity contribution in [3.8, 4) is 11.5 Å². The molecule has 1 aliphatic heterocycles. The van der Waals surface area contributed by atoms with E-state index in [4.69, 9.17) is 9.47 Å². The van der Waals surface area contributed by atoms with Crippen LogP contribution in [0.4, 0.5) is 15.8 Å². The molecule has 0 fully saturated rings. The van der Waals surface area contributed by atoms with E-state index >= 15 is 0 Å². The van der Waals surface area contributed by atoms with Crippen LogP contribution in [0.5, 0.6) is 11.5 Å². The number of anilines is 2. The predicted molar refractivity (Wildman–Crippen MR) is 107 cm³/mol. The molecule has 1 aliphatic rings. The van der Waals surface area contributed by atoms with E-state index in [0.29, 0.717) is 21.7 Å². The number of ether oxygens (including phenoxy) is 2. The lowest BCUT2D eigenvalue weighted by Gasteiger charge is -2.22. The number of carbonyl (C=O) groups is 1. The molecule has 0 saturated carbocycles. The predicted octanol–water partition coefficient (Wildman–Crippen LogP) is 3.50. The van der Waals surface area contributed by atoms with Gasteiger partial charge >= 0.3 is 0 Å². The average molecular weight is 473 g/mol. The molecule has 0 unspecified atom stereocenters. The molecule has 150 valence electrons. The molecular weight excluding hydrogens is 455 g/mol. The second-order valence-electron chi connectivity index (χ2n) is 6.15. The summed E-state index contributed by atoms with van der Waals surface area (Å²) in [4.78, 5) is 12.1. The summed E-state index contributed by atoms with van der Waals surface area (Å²) >= 11 is 3.15. The summed E-state index contributed by atoms with van der Waals surface area (Å²) in [5.41, 5.74) is 0.495. The fourth-order valence-electron chi connectivity index (χ4n) is 2.71. The zero-order valence-corrected chi connectivity index (χ0v) is 17.3. The Morgan fingerprint density at radius 3 is 2.68 bits per heavy atom. The molecule has 0 aromatic heterocycles. The average Bonchev–Trinajstić information content (AvgIpc) is 3.07. The van der Waals surface area contributed by atoms with Crippen molar-refractivity contribution in [2.24, 2.45) is 0 Å². The fraction of sp³-hybridized carbons (Fsp3) is 0.278. The number of carbonyl (C=O) groups excluding carboxylic acids is 1. The first-order valence-corrected chi connectivity index (χ1v) is 11.0. The van der Waals surface area contributed by atoms with Gasteiger partial charge in [0.15, 0.2) is 11.5 Å². The van der Waals surface area contributed by atoms with E-state index in [1.54, 1.807) is 24.3 Å². The van der Waals surface area contributed by atoms with Crippen LogP contribution in [0.25, 0.3) is 0 Å². The van der Waals surface area contributed by atoms with Crippen LogP contribution < -0.4 is 19.1 Å². The lowest BCUT2D eigenvalue weighted by molar-refractivity contribution is -0.116. The smallest absolute Gasteiger partial charge is 0.232 e. The number of nitrogens with one attached hydrogen (secondary N) is 1. The molecular formula is C18H18BrFN2O5S. The molecule has 28 heavy (non-hydrogen) atoms. The quantitative estimate of drug-likeness (QED) is 0.666. The summed E-state index contributed by atoms with van der Waals surface area (Å²) in [6.07, 6.45) is 1.38. The molecule has 0 spiro atoms. The normalized spacial score (nSPS) is 12.7. The van der Waals surface area contributed by atoms with Crippen LogP contribution in [0, 0.1) is 5.82 Å². The number of rotatable bonds is 7. The highest BCUT2D eigenvalue weighted by Crippen LogP contribution is 2.36. The molecule has 0 aliphatic carbocycles. The molecule has 10 heteroatoms. The number of halogens is 2. The molecule has 2 aromatic carbocycles. The van der Waals surface area contributed by atoms with E-state index in [9.17, 15) is 17.6 Å². The van der Waals surface area contributed by atoms with Gasteiger partial charge in [-0.25, -0.2) is 12.8 Å². The second kappa shape index (κ2) is 8.36. The van der Waals surface area contributed by atoms with Crippen LogP contribution >= 0.6 is 15.9 Å². The van der Waals surface area contributed by atoms with Gasteiger partial charge in [-0.05, 0) is 36.8 Å². The molecule has 2 aromatic rings. The van der Waals surface area contributed by atoms with Crippen molar-refractivity contribution in [1.82, 2.24) is 0 Å². The summed E-state index contributed by atoms with van der Waals surface area (Å²) in [6.45, 7) is 0.180. The van der Waals surface area contributed by atoms with Gasteiger partial charge in [0, 0.05) is 23.5 Å². The minimum atomic E-state index is -3.56. The molecule has 7 nitrogen and oxygen atoms in total. The van der Waals surface area contributed by atoms with E-state index in [1.807, 2.05) is 0 Å². The standard InChI is InChI=1S/C18H18BrFN2O5S/c1-28(24,25)22(13-5-7-16-17(10-13)27-11-26-16)8-2-3-18(23)21-15-6-4-12(19)9-14(15)20/h4-7,9-10H,2-3,8,11H2,1H3,(H,21,23). The molecule has 1 heterocycles. The van der Waals surface area contributed by atoms with Crippen molar-refractivity contribution in [3.63, 3.8) is 0 Å². The van der Waals surface area contributed by atoms with Gasteiger partial charge in [0.1, 0.15) is 5.82 Å². The first-order chi connectivity index (χ1) is 13.2. The Morgan fingerprint density at radius 2 is 1.96 bits per heavy atom. The van der Waals surface area contributed by atoms with Gasteiger partial charge in [0.05, 0.1) is 17.6 Å². The molecule has 0 saturated heterocycles. The number of sulfonamides is 1. The zero-order chi connectivity index (χ0) is 20.3. The minimum Gasteiger partial charge on any atom is -0.454 e. The SMILES string of the molecule is CS(=O)(=O)N(CCCC(=O)Nc1ccc(Br)cc1F)c1ccc2c(c1)OCO2. The van der Waals surface area contributed by atoms with Crippen molar-refractivity contribution in [3.05, 3.63) is 46.7 Å². The number of hydrogen-bond acceptors (Lipinski definition) is 5. The van der Waals surface area contributed by atoms with E-state index in [0.717, 1.165) is 6.26 Å². The van der Waals surface area contributed by atoms with E-state index in [2.05, 4.69) is 21.2 Å². The highest BCUT2D eigenvalue weighted by molar-refractivity contribution is 9.10. The summed E-state index contributed by atoms with van der Waals surface area (Å²) in [5, 5.41) is 2.48. The molecule has 1 amide bonds. The number of fused-ring (bicyclic) bond motifs is 1. The number of nitrogens with zero attached hydrogens (tertiary/aromatic N) is 1. The van der Waals surface area contributed by atoms with Gasteiger partial charge in [-0.15, -0.1) is 0 Å². The van der Waals surface area contributed by atoms with Gasteiger partial charge in [0.2, 0.25) is 22.7 Å². The Labute approximate surface area is 170 Å². The maximum Gasteiger partial charge on any atom is 0.232 e. The number of hydrogen-bond donors (Lipinski definition) is 1. The first kappa shape index (κ1) is 20.4. The third-order valence-electron chi connectivity index (χ3n) is 4.01. The van der Waals surface area contributed by atoms with Crippen LogP contribution in [0.2, 0.25) is 0 Å². The third-order valence-corrected chi connectivity index (χ3v) is 5.70. The van der Waals surface area contributed by atoms with E-state index in [-0.39, 0.29) is 31.9 Å². The van der Waals surface area contributed by atoms with Gasteiger partial charge in [-0.1, -0.05) is 15.9 Å². The minimum absolute atomic E-state index is 0.0338. The maximum absolute atomic E-state index is 13.8. The van der Waals surface area contributed by atoms with Crippen LogP contribution in [0.3, 0.4) is 0 Å². The monoisotopic (exact) mass is 472 g/mol. The van der Waals surface area contributed by atoms with Gasteiger partial charge < -0.3 is 14.8 Å². The largest absolute Gasteiger partial charge is 0.454 e. The van der Waals surface area contributed by atoms with Crippen LogP contribution in [0.1, 0.15) is 12.8 Å². The van der Waals surface area contributed by atoms with Crippen molar-refractivity contribution in [1.29, 1.82) is 0 Å². The Kier molecular flexibility index (Phi) is 6.09. The molecule has 0 atom stereocenters. The van der Waals surface area contributed by atoms with Gasteiger partial charge in [-0.2, -0.15) is 0 Å². The topological polar surface area (TPSA) is 84.9 Å². The number of amides is 1. The van der Waals surface area contributed by atoms with Crippen LogP contribution in [-0.2, 0) is 14.8 Å². The van der Waals surface area contributed by atoms with Gasteiger partial charge in [0.25, 0.3) is 0 Å². The second-order valence-corrected chi connectivity index (χ2v) is 8.97. The van der Waals surface area contributed by atoms with E-state index in [1.165, 1.54) is 16.4 Å². The van der Waals surface area contributed by atoms with Crippen molar-refractivity contribution < 1.29 is 27.1 Å². The lowest BCUT2D eigenvalue weighted by atomic mass is 10.2. The van der Waals surface area contributed by atoms with Crippen molar-refractivity contribution >= 4 is 43.2 Å².